The molecule has 3 heterocycles. The van der Waals surface area contributed by atoms with Crippen LogP contribution < -0.4 is 15.0 Å². The molecule has 2 aliphatic rings. The molecule has 4 aromatic rings. The van der Waals surface area contributed by atoms with Crippen molar-refractivity contribution in [1.29, 1.82) is 0 Å². The molecule has 2 aromatic heterocycles. The fourth-order valence-electron chi connectivity index (χ4n) is 4.72. The number of anilines is 3. The van der Waals surface area contributed by atoms with E-state index in [0.717, 1.165) is 58.2 Å². The smallest absolute Gasteiger partial charge is 0.180 e. The fourth-order valence-corrected chi connectivity index (χ4v) is 4.72. The summed E-state index contributed by atoms with van der Waals surface area (Å²) in [6.45, 7) is 3.12. The Bertz CT molecular complexity index is 1390. The van der Waals surface area contributed by atoms with Gasteiger partial charge in [-0.1, -0.05) is 12.1 Å². The van der Waals surface area contributed by atoms with E-state index in [2.05, 4.69) is 27.3 Å². The minimum Gasteiger partial charge on any atom is -0.495 e. The predicted molar refractivity (Wildman–Crippen MR) is 130 cm³/mol. The number of rotatable bonds is 5. The molecule has 8 heteroatoms. The maximum atomic E-state index is 11.9. The van der Waals surface area contributed by atoms with Crippen LogP contribution >= 0.6 is 0 Å². The summed E-state index contributed by atoms with van der Waals surface area (Å²) in [5.74, 6) is 1.72. The van der Waals surface area contributed by atoms with Crippen LogP contribution in [0.5, 0.6) is 5.75 Å². The topological polar surface area (TPSA) is 81.0 Å². The standard InChI is InChI=1S/C26H25N5O3/c1-33-24-15-20(4-5-23(24)30-8-10-34-11-9-30)28-25-26-27-6-7-31(26)16-22(29-25)18-3-2-17-13-21(32)14-19(17)12-18/h2-7,12,15-16H,8-11,13-14H2,1H3,(H,28,29). The molecule has 34 heavy (non-hydrogen) atoms. The Kier molecular flexibility index (Phi) is 5.15. The van der Waals surface area contributed by atoms with Gasteiger partial charge in [0.25, 0.3) is 0 Å². The molecule has 1 saturated heterocycles. The Balaban J connectivity index is 1.35. The molecule has 0 spiro atoms. The first kappa shape index (κ1) is 20.7. The van der Waals surface area contributed by atoms with E-state index in [0.29, 0.717) is 31.9 Å². The van der Waals surface area contributed by atoms with Gasteiger partial charge in [-0.25, -0.2) is 9.97 Å². The van der Waals surface area contributed by atoms with E-state index in [1.54, 1.807) is 13.3 Å². The van der Waals surface area contributed by atoms with Crippen molar-refractivity contribution in [2.45, 2.75) is 12.8 Å². The Morgan fingerprint density at radius 3 is 2.76 bits per heavy atom. The number of carbonyl (C=O) groups excluding carboxylic acids is 1. The largest absolute Gasteiger partial charge is 0.495 e. The molecule has 1 N–H and O–H groups in total. The molecule has 0 unspecified atom stereocenters. The summed E-state index contributed by atoms with van der Waals surface area (Å²) in [7, 11) is 1.69. The van der Waals surface area contributed by atoms with Crippen LogP contribution in [0.4, 0.5) is 17.2 Å². The average molecular weight is 456 g/mol. The number of hydrogen-bond acceptors (Lipinski definition) is 7. The molecule has 172 valence electrons. The number of morpholine rings is 1. The van der Waals surface area contributed by atoms with E-state index in [9.17, 15) is 4.79 Å². The van der Waals surface area contributed by atoms with Gasteiger partial charge in [-0.2, -0.15) is 0 Å². The van der Waals surface area contributed by atoms with Crippen molar-refractivity contribution in [2.24, 2.45) is 0 Å². The lowest BCUT2D eigenvalue weighted by molar-refractivity contribution is -0.117. The van der Waals surface area contributed by atoms with Gasteiger partial charge in [-0.05, 0) is 29.3 Å². The fraction of sp³-hybridized carbons (Fsp3) is 0.269. The average Bonchev–Trinajstić information content (AvgIpc) is 3.49. The molecule has 8 nitrogen and oxygen atoms in total. The third kappa shape index (κ3) is 3.76. The lowest BCUT2D eigenvalue weighted by Gasteiger charge is -2.30. The second kappa shape index (κ2) is 8.46. The molecular formula is C26H25N5O3. The maximum Gasteiger partial charge on any atom is 0.180 e. The highest BCUT2D eigenvalue weighted by atomic mass is 16.5. The first-order valence-corrected chi connectivity index (χ1v) is 11.4. The van der Waals surface area contributed by atoms with E-state index in [1.165, 1.54) is 0 Å². The van der Waals surface area contributed by atoms with Crippen LogP contribution in [0.15, 0.2) is 55.0 Å². The quantitative estimate of drug-likeness (QED) is 0.492. The monoisotopic (exact) mass is 455 g/mol. The summed E-state index contributed by atoms with van der Waals surface area (Å²) < 4.78 is 13.1. The van der Waals surface area contributed by atoms with Crippen LogP contribution in [0.3, 0.4) is 0 Å². The van der Waals surface area contributed by atoms with Gasteiger partial charge in [0.1, 0.15) is 11.5 Å². The Hall–Kier alpha value is -3.91. The number of nitrogens with zero attached hydrogens (tertiary/aromatic N) is 4. The first-order valence-electron chi connectivity index (χ1n) is 11.4. The molecule has 0 saturated carbocycles. The highest BCUT2D eigenvalue weighted by Gasteiger charge is 2.20. The van der Waals surface area contributed by atoms with Gasteiger partial charge < -0.3 is 24.1 Å². The van der Waals surface area contributed by atoms with Gasteiger partial charge in [-0.15, -0.1) is 0 Å². The molecule has 1 fully saturated rings. The van der Waals surface area contributed by atoms with Crippen LogP contribution in [0.1, 0.15) is 11.1 Å². The molecule has 1 aliphatic heterocycles. The van der Waals surface area contributed by atoms with Crippen molar-refractivity contribution in [3.8, 4) is 17.0 Å². The lowest BCUT2D eigenvalue weighted by atomic mass is 10.0. The van der Waals surface area contributed by atoms with Crippen LogP contribution in [0.25, 0.3) is 16.9 Å². The third-order valence-corrected chi connectivity index (χ3v) is 6.45. The van der Waals surface area contributed by atoms with E-state index < -0.39 is 0 Å². The summed E-state index contributed by atoms with van der Waals surface area (Å²) in [5.41, 5.74) is 6.65. The van der Waals surface area contributed by atoms with E-state index in [4.69, 9.17) is 14.5 Å². The highest BCUT2D eigenvalue weighted by Crippen LogP contribution is 2.34. The van der Waals surface area contributed by atoms with Crippen molar-refractivity contribution in [3.05, 3.63) is 66.1 Å². The van der Waals surface area contributed by atoms with Gasteiger partial charge in [0.05, 0.1) is 31.7 Å². The number of carbonyl (C=O) groups is 1. The van der Waals surface area contributed by atoms with Crippen molar-refractivity contribution >= 4 is 28.6 Å². The molecule has 0 radical (unpaired) electrons. The molecule has 0 atom stereocenters. The second-order valence-electron chi connectivity index (χ2n) is 8.62. The van der Waals surface area contributed by atoms with Gasteiger partial charge in [0, 0.05) is 61.8 Å². The van der Waals surface area contributed by atoms with Gasteiger partial charge >= 0.3 is 0 Å². The third-order valence-electron chi connectivity index (χ3n) is 6.45. The molecule has 0 amide bonds. The highest BCUT2D eigenvalue weighted by molar-refractivity contribution is 5.88. The van der Waals surface area contributed by atoms with Crippen molar-refractivity contribution in [1.82, 2.24) is 14.4 Å². The van der Waals surface area contributed by atoms with E-state index in [-0.39, 0.29) is 5.78 Å². The maximum absolute atomic E-state index is 11.9. The summed E-state index contributed by atoms with van der Waals surface area (Å²) in [5, 5.41) is 3.44. The normalized spacial score (nSPS) is 15.6. The first-order chi connectivity index (χ1) is 16.7. The number of benzene rings is 2. The van der Waals surface area contributed by atoms with Gasteiger partial charge in [0.15, 0.2) is 11.5 Å². The van der Waals surface area contributed by atoms with Crippen molar-refractivity contribution in [3.63, 3.8) is 0 Å². The van der Waals surface area contributed by atoms with Gasteiger partial charge in [-0.3, -0.25) is 4.79 Å². The number of Topliss-reactive ketones (excluding diaryl/α,β-unsaturated/α-hetero) is 1. The Morgan fingerprint density at radius 2 is 1.91 bits per heavy atom. The number of fused-ring (bicyclic) bond motifs is 2. The summed E-state index contributed by atoms with van der Waals surface area (Å²) in [6, 6.07) is 12.2. The van der Waals surface area contributed by atoms with Crippen LogP contribution in [0.2, 0.25) is 0 Å². The van der Waals surface area contributed by atoms with Crippen molar-refractivity contribution in [2.75, 3.05) is 43.6 Å². The van der Waals surface area contributed by atoms with E-state index >= 15 is 0 Å². The molecule has 2 aromatic carbocycles. The minimum absolute atomic E-state index is 0.266. The zero-order chi connectivity index (χ0) is 23.1. The molecule has 0 bridgehead atoms. The number of imidazole rings is 1. The minimum atomic E-state index is 0.266. The number of methoxy groups -OCH3 is 1. The van der Waals surface area contributed by atoms with Crippen LogP contribution in [-0.4, -0.2) is 53.6 Å². The Labute approximate surface area is 197 Å². The number of ether oxygens (including phenoxy) is 2. The van der Waals surface area contributed by atoms with Gasteiger partial charge in [0.2, 0.25) is 0 Å². The number of ketones is 1. The SMILES string of the molecule is COc1cc(Nc2nc(-c3ccc4c(c3)CC(=O)C4)cn3ccnc23)ccc1N1CCOCC1. The predicted octanol–water partition coefficient (Wildman–Crippen LogP) is 3.65. The number of hydrogen-bond donors (Lipinski definition) is 1. The molecular weight excluding hydrogens is 430 g/mol. The number of nitrogens with one attached hydrogen (secondary N) is 1. The lowest BCUT2D eigenvalue weighted by Crippen LogP contribution is -2.36. The molecule has 1 aliphatic carbocycles. The van der Waals surface area contributed by atoms with Crippen molar-refractivity contribution < 1.29 is 14.3 Å². The zero-order valence-electron chi connectivity index (χ0n) is 19.0. The Morgan fingerprint density at radius 1 is 1.06 bits per heavy atom. The summed E-state index contributed by atoms with van der Waals surface area (Å²) >= 11 is 0. The molecule has 6 rings (SSSR count). The second-order valence-corrected chi connectivity index (χ2v) is 8.62. The zero-order valence-corrected chi connectivity index (χ0v) is 19.0. The van der Waals surface area contributed by atoms with Crippen LogP contribution in [-0.2, 0) is 22.4 Å². The summed E-state index contributed by atoms with van der Waals surface area (Å²) in [4.78, 5) is 23.5. The summed E-state index contributed by atoms with van der Waals surface area (Å²) in [6.07, 6.45) is 6.66. The van der Waals surface area contributed by atoms with Crippen LogP contribution in [0, 0.1) is 0 Å². The number of aromatic nitrogens is 3. The van der Waals surface area contributed by atoms with E-state index in [1.807, 2.05) is 41.1 Å².